The molecule has 0 saturated carbocycles. The fourth-order valence-corrected chi connectivity index (χ4v) is 1.43. The molecule has 0 unspecified atom stereocenters. The number of ether oxygens (including phenoxy) is 2. The van der Waals surface area contributed by atoms with E-state index >= 15 is 0 Å². The monoisotopic (exact) mass is 280 g/mol. The van der Waals surface area contributed by atoms with E-state index in [4.69, 9.17) is 15.2 Å². The zero-order valence-electron chi connectivity index (χ0n) is 11.3. The van der Waals surface area contributed by atoms with Crippen molar-refractivity contribution in [3.63, 3.8) is 0 Å². The Balaban J connectivity index is 3.33. The highest BCUT2D eigenvalue weighted by molar-refractivity contribution is 6.19. The summed E-state index contributed by atoms with van der Waals surface area (Å²) in [6.45, 7) is 3.33. The Bertz CT molecular complexity index is 519. The highest BCUT2D eigenvalue weighted by Crippen LogP contribution is 2.22. The molecule has 0 aliphatic heterocycles. The third-order valence-electron chi connectivity index (χ3n) is 2.27. The average Bonchev–Trinajstić information content (AvgIpc) is 2.40. The van der Waals surface area contributed by atoms with Crippen LogP contribution in [0.2, 0.25) is 0 Å². The normalized spacial score (nSPS) is 9.70. The molecule has 0 amide bonds. The molecule has 1 aromatic rings. The number of hydrogen-bond donors (Lipinski definition) is 2. The molecule has 20 heavy (non-hydrogen) atoms. The molecule has 1 aromatic heterocycles. The van der Waals surface area contributed by atoms with Crippen molar-refractivity contribution in [3.05, 3.63) is 29.6 Å². The number of rotatable bonds is 5. The Morgan fingerprint density at radius 1 is 1.25 bits per heavy atom. The summed E-state index contributed by atoms with van der Waals surface area (Å²) >= 11 is 0. The summed E-state index contributed by atoms with van der Waals surface area (Å²) in [5.74, 6) is -2.10. The molecule has 0 saturated heterocycles. The van der Waals surface area contributed by atoms with Crippen LogP contribution < -0.4 is 5.73 Å². The van der Waals surface area contributed by atoms with Gasteiger partial charge in [0.25, 0.3) is 0 Å². The average molecular weight is 280 g/mol. The van der Waals surface area contributed by atoms with Crippen molar-refractivity contribution in [2.45, 2.75) is 13.8 Å². The largest absolute Gasteiger partial charge is 0.506 e. The van der Waals surface area contributed by atoms with Crippen LogP contribution in [0.25, 0.3) is 5.70 Å². The first-order valence-electron chi connectivity index (χ1n) is 6.01. The van der Waals surface area contributed by atoms with Crippen molar-refractivity contribution < 1.29 is 24.2 Å². The number of hydrogen-bond acceptors (Lipinski definition) is 7. The van der Waals surface area contributed by atoms with E-state index in [0.717, 1.165) is 0 Å². The smallest absolute Gasteiger partial charge is 0.347 e. The number of carbonyl (C=O) groups is 2. The molecule has 0 fully saturated rings. The summed E-state index contributed by atoms with van der Waals surface area (Å²) < 4.78 is 9.53. The maximum Gasteiger partial charge on any atom is 0.347 e. The summed E-state index contributed by atoms with van der Waals surface area (Å²) in [4.78, 5) is 27.5. The van der Waals surface area contributed by atoms with Crippen LogP contribution in [0.3, 0.4) is 0 Å². The quantitative estimate of drug-likeness (QED) is 0.351. The molecule has 0 aliphatic carbocycles. The summed E-state index contributed by atoms with van der Waals surface area (Å²) in [6.07, 6.45) is 1.37. The fourth-order valence-electron chi connectivity index (χ4n) is 1.43. The summed E-state index contributed by atoms with van der Waals surface area (Å²) in [7, 11) is 0. The van der Waals surface area contributed by atoms with Gasteiger partial charge in [0.2, 0.25) is 0 Å². The van der Waals surface area contributed by atoms with E-state index in [2.05, 4.69) is 4.98 Å². The summed E-state index contributed by atoms with van der Waals surface area (Å²) in [5.41, 5.74) is 4.90. The lowest BCUT2D eigenvalue weighted by Crippen LogP contribution is -2.23. The Kier molecular flexibility index (Phi) is 5.52. The second-order valence-corrected chi connectivity index (χ2v) is 3.60. The van der Waals surface area contributed by atoms with Gasteiger partial charge in [-0.3, -0.25) is 4.98 Å². The van der Waals surface area contributed by atoms with Crippen LogP contribution in [0.4, 0.5) is 0 Å². The van der Waals surface area contributed by atoms with Gasteiger partial charge in [-0.15, -0.1) is 0 Å². The minimum atomic E-state index is -0.923. The predicted molar refractivity (Wildman–Crippen MR) is 70.3 cm³/mol. The van der Waals surface area contributed by atoms with Crippen molar-refractivity contribution in [1.29, 1.82) is 0 Å². The minimum Gasteiger partial charge on any atom is -0.506 e. The fraction of sp³-hybridized carbons (Fsp3) is 0.308. The molecule has 0 atom stereocenters. The second kappa shape index (κ2) is 7.13. The highest BCUT2D eigenvalue weighted by atomic mass is 16.6. The van der Waals surface area contributed by atoms with Crippen molar-refractivity contribution in [1.82, 2.24) is 4.98 Å². The van der Waals surface area contributed by atoms with Gasteiger partial charge in [-0.2, -0.15) is 0 Å². The van der Waals surface area contributed by atoms with E-state index in [0.29, 0.717) is 0 Å². The van der Waals surface area contributed by atoms with Crippen molar-refractivity contribution in [3.8, 4) is 5.75 Å². The van der Waals surface area contributed by atoms with Gasteiger partial charge in [0, 0.05) is 6.20 Å². The van der Waals surface area contributed by atoms with Crippen molar-refractivity contribution >= 4 is 17.6 Å². The van der Waals surface area contributed by atoms with Crippen molar-refractivity contribution in [2.75, 3.05) is 13.2 Å². The molecule has 0 radical (unpaired) electrons. The molecule has 0 spiro atoms. The maximum atomic E-state index is 11.8. The first-order chi connectivity index (χ1) is 9.52. The lowest BCUT2D eigenvalue weighted by Gasteiger charge is -2.10. The predicted octanol–water partition coefficient (Wildman–Crippen LogP) is 0.583. The lowest BCUT2D eigenvalue weighted by molar-refractivity contribution is -0.146. The SMILES string of the molecule is CCOC(=O)C(C(=O)OCC)=C(N)c1ncccc1O. The number of esters is 2. The summed E-state index contributed by atoms with van der Waals surface area (Å²) in [5, 5.41) is 9.67. The molecule has 1 heterocycles. The third-order valence-corrected chi connectivity index (χ3v) is 2.27. The lowest BCUT2D eigenvalue weighted by atomic mass is 10.1. The maximum absolute atomic E-state index is 11.8. The minimum absolute atomic E-state index is 0.0726. The molecule has 0 bridgehead atoms. The number of pyridine rings is 1. The van der Waals surface area contributed by atoms with Gasteiger partial charge in [0.05, 0.1) is 18.9 Å². The topological polar surface area (TPSA) is 112 Å². The van der Waals surface area contributed by atoms with E-state index in [1.165, 1.54) is 18.3 Å². The molecule has 7 heteroatoms. The van der Waals surface area contributed by atoms with E-state index in [1.54, 1.807) is 13.8 Å². The molecule has 108 valence electrons. The third kappa shape index (κ3) is 3.47. The van der Waals surface area contributed by atoms with Crippen molar-refractivity contribution in [2.24, 2.45) is 5.73 Å². The van der Waals surface area contributed by atoms with E-state index in [1.807, 2.05) is 0 Å². The molecule has 1 rings (SSSR count). The first-order valence-corrected chi connectivity index (χ1v) is 6.01. The second-order valence-electron chi connectivity index (χ2n) is 3.60. The standard InChI is InChI=1S/C13H16N2O5/c1-3-19-12(17)9(13(18)20-4-2)10(14)11-8(16)6-5-7-15-11/h5-7,16H,3-4,14H2,1-2H3. The highest BCUT2D eigenvalue weighted by Gasteiger charge is 2.27. The first kappa shape index (κ1) is 15.5. The van der Waals surface area contributed by atoms with E-state index in [9.17, 15) is 14.7 Å². The molecule has 7 nitrogen and oxygen atoms in total. The zero-order chi connectivity index (χ0) is 15.1. The Hall–Kier alpha value is -2.57. The number of carbonyl (C=O) groups excluding carboxylic acids is 2. The number of aromatic hydroxyl groups is 1. The van der Waals surface area contributed by atoms with Crippen LogP contribution in [-0.4, -0.2) is 35.2 Å². The number of nitrogens with zero attached hydrogens (tertiary/aromatic N) is 1. The van der Waals surface area contributed by atoms with Gasteiger partial charge in [-0.05, 0) is 26.0 Å². The van der Waals surface area contributed by atoms with Gasteiger partial charge in [-0.25, -0.2) is 9.59 Å². The Morgan fingerprint density at radius 3 is 2.25 bits per heavy atom. The molecule has 3 N–H and O–H groups in total. The summed E-state index contributed by atoms with van der Waals surface area (Å²) in [6, 6.07) is 2.82. The van der Waals surface area contributed by atoms with Gasteiger partial charge >= 0.3 is 11.9 Å². The van der Waals surface area contributed by atoms with Crippen LogP contribution in [0, 0.1) is 0 Å². The molecule has 0 aliphatic rings. The molecular formula is C13H16N2O5. The van der Waals surface area contributed by atoms with Gasteiger partial charge < -0.3 is 20.3 Å². The van der Waals surface area contributed by atoms with E-state index in [-0.39, 0.29) is 30.4 Å². The number of nitrogens with two attached hydrogens (primary N) is 1. The van der Waals surface area contributed by atoms with E-state index < -0.39 is 17.5 Å². The van der Waals surface area contributed by atoms with Gasteiger partial charge in [0.1, 0.15) is 11.4 Å². The molecular weight excluding hydrogens is 264 g/mol. The molecule has 0 aromatic carbocycles. The number of aromatic nitrogens is 1. The van der Waals surface area contributed by atoms with Crippen LogP contribution in [0.1, 0.15) is 19.5 Å². The van der Waals surface area contributed by atoms with Gasteiger partial charge in [0.15, 0.2) is 5.57 Å². The van der Waals surface area contributed by atoms with Crippen LogP contribution in [-0.2, 0) is 19.1 Å². The Labute approximate surface area is 116 Å². The van der Waals surface area contributed by atoms with Gasteiger partial charge in [-0.1, -0.05) is 0 Å². The Morgan fingerprint density at radius 2 is 1.80 bits per heavy atom. The van der Waals surface area contributed by atoms with Crippen LogP contribution in [0.5, 0.6) is 5.75 Å². The van der Waals surface area contributed by atoms with Crippen LogP contribution >= 0.6 is 0 Å². The zero-order valence-corrected chi connectivity index (χ0v) is 11.3. The van der Waals surface area contributed by atoms with Crippen LogP contribution in [0.15, 0.2) is 23.9 Å².